The molecule has 0 amide bonds. The number of hydrogen-bond acceptors (Lipinski definition) is 4. The Bertz CT molecular complexity index is 535. The third-order valence-electron chi connectivity index (χ3n) is 1.80. The highest BCUT2D eigenvalue weighted by atomic mass is 19.1. The van der Waals surface area contributed by atoms with Crippen LogP contribution in [0.25, 0.3) is 5.95 Å². The SMILES string of the molecule is Nc1cccn(-c2ncc(F)cn2)c1=O. The number of aromatic nitrogens is 3. The van der Waals surface area contributed by atoms with Gasteiger partial charge in [-0.15, -0.1) is 0 Å². The van der Waals surface area contributed by atoms with E-state index in [2.05, 4.69) is 9.97 Å². The number of rotatable bonds is 1. The first kappa shape index (κ1) is 9.32. The Morgan fingerprint density at radius 2 is 2.00 bits per heavy atom. The first-order valence-corrected chi connectivity index (χ1v) is 4.13. The van der Waals surface area contributed by atoms with Gasteiger partial charge in [0, 0.05) is 6.20 Å². The van der Waals surface area contributed by atoms with Gasteiger partial charge in [-0.3, -0.25) is 9.36 Å². The van der Waals surface area contributed by atoms with Crippen molar-refractivity contribution >= 4 is 5.69 Å². The molecule has 15 heavy (non-hydrogen) atoms. The van der Waals surface area contributed by atoms with Crippen molar-refractivity contribution < 1.29 is 4.39 Å². The van der Waals surface area contributed by atoms with Crippen LogP contribution in [0.2, 0.25) is 0 Å². The minimum Gasteiger partial charge on any atom is -0.394 e. The van der Waals surface area contributed by atoms with Crippen molar-refractivity contribution in [2.45, 2.75) is 0 Å². The summed E-state index contributed by atoms with van der Waals surface area (Å²) in [7, 11) is 0. The Morgan fingerprint density at radius 1 is 1.33 bits per heavy atom. The Labute approximate surface area is 84.0 Å². The highest BCUT2D eigenvalue weighted by Gasteiger charge is 2.04. The zero-order valence-corrected chi connectivity index (χ0v) is 7.59. The summed E-state index contributed by atoms with van der Waals surface area (Å²) in [6.07, 6.45) is 3.43. The van der Waals surface area contributed by atoms with Crippen LogP contribution < -0.4 is 11.3 Å². The Morgan fingerprint density at radius 3 is 2.67 bits per heavy atom. The molecule has 0 aliphatic carbocycles. The zero-order valence-electron chi connectivity index (χ0n) is 7.59. The summed E-state index contributed by atoms with van der Waals surface area (Å²) in [6.45, 7) is 0. The van der Waals surface area contributed by atoms with Gasteiger partial charge in [-0.1, -0.05) is 0 Å². The van der Waals surface area contributed by atoms with Crippen LogP contribution in [-0.2, 0) is 0 Å². The molecule has 0 spiro atoms. The van der Waals surface area contributed by atoms with Crippen LogP contribution in [0, 0.1) is 5.82 Å². The fourth-order valence-electron chi connectivity index (χ4n) is 1.10. The van der Waals surface area contributed by atoms with E-state index in [1.54, 1.807) is 6.07 Å². The predicted molar refractivity (Wildman–Crippen MR) is 52.0 cm³/mol. The summed E-state index contributed by atoms with van der Waals surface area (Å²) in [6, 6.07) is 3.06. The maximum Gasteiger partial charge on any atom is 0.280 e. The standard InChI is InChI=1S/C9H7FN4O/c10-6-4-12-9(13-5-6)14-3-1-2-7(11)8(14)15/h1-5H,11H2. The molecule has 0 bridgehead atoms. The van der Waals surface area contributed by atoms with E-state index in [4.69, 9.17) is 5.73 Å². The van der Waals surface area contributed by atoms with Crippen molar-refractivity contribution in [1.29, 1.82) is 0 Å². The molecule has 0 radical (unpaired) electrons. The van der Waals surface area contributed by atoms with Crippen molar-refractivity contribution in [2.75, 3.05) is 5.73 Å². The van der Waals surface area contributed by atoms with Crippen molar-refractivity contribution in [2.24, 2.45) is 0 Å². The second-order valence-corrected chi connectivity index (χ2v) is 2.84. The number of pyridine rings is 1. The van der Waals surface area contributed by atoms with E-state index in [9.17, 15) is 9.18 Å². The van der Waals surface area contributed by atoms with Gasteiger partial charge in [0.2, 0.25) is 5.95 Å². The molecule has 2 aromatic rings. The summed E-state index contributed by atoms with van der Waals surface area (Å²) >= 11 is 0. The quantitative estimate of drug-likeness (QED) is 0.730. The summed E-state index contributed by atoms with van der Waals surface area (Å²) in [4.78, 5) is 18.9. The molecular weight excluding hydrogens is 199 g/mol. The van der Waals surface area contributed by atoms with Gasteiger partial charge >= 0.3 is 0 Å². The third kappa shape index (κ3) is 1.69. The van der Waals surface area contributed by atoms with Crippen LogP contribution in [-0.4, -0.2) is 14.5 Å². The Hall–Kier alpha value is -2.24. The van der Waals surface area contributed by atoms with Crippen LogP contribution in [0.15, 0.2) is 35.5 Å². The van der Waals surface area contributed by atoms with Crippen LogP contribution in [0.5, 0.6) is 0 Å². The lowest BCUT2D eigenvalue weighted by Crippen LogP contribution is -2.22. The first-order chi connectivity index (χ1) is 7.18. The van der Waals surface area contributed by atoms with Gasteiger partial charge in [0.15, 0.2) is 5.82 Å². The minimum atomic E-state index is -0.560. The molecule has 0 unspecified atom stereocenters. The molecule has 0 saturated heterocycles. The summed E-state index contributed by atoms with van der Waals surface area (Å²) < 4.78 is 13.7. The second-order valence-electron chi connectivity index (χ2n) is 2.84. The average molecular weight is 206 g/mol. The van der Waals surface area contributed by atoms with Crippen LogP contribution in [0.1, 0.15) is 0 Å². The number of nitrogens with zero attached hydrogens (tertiary/aromatic N) is 3. The molecule has 76 valence electrons. The number of anilines is 1. The van der Waals surface area contributed by atoms with E-state index in [0.717, 1.165) is 17.0 Å². The number of hydrogen-bond donors (Lipinski definition) is 1. The molecule has 0 fully saturated rings. The molecule has 5 nitrogen and oxygen atoms in total. The highest BCUT2D eigenvalue weighted by molar-refractivity contribution is 5.35. The van der Waals surface area contributed by atoms with E-state index in [-0.39, 0.29) is 11.6 Å². The van der Waals surface area contributed by atoms with Gasteiger partial charge in [-0.05, 0) is 12.1 Å². The molecule has 2 rings (SSSR count). The second kappa shape index (κ2) is 3.49. The molecule has 0 saturated carbocycles. The van der Waals surface area contributed by atoms with Crippen molar-refractivity contribution in [3.63, 3.8) is 0 Å². The maximum absolute atomic E-state index is 12.5. The van der Waals surface area contributed by atoms with E-state index in [0.29, 0.717) is 0 Å². The molecule has 0 aliphatic heterocycles. The van der Waals surface area contributed by atoms with Gasteiger partial charge < -0.3 is 5.73 Å². The Kier molecular flexibility index (Phi) is 2.17. The first-order valence-electron chi connectivity index (χ1n) is 4.13. The summed E-state index contributed by atoms with van der Waals surface area (Å²) in [5, 5.41) is 0. The van der Waals surface area contributed by atoms with Gasteiger partial charge in [0.25, 0.3) is 5.56 Å². The molecule has 6 heteroatoms. The molecular formula is C9H7FN4O. The van der Waals surface area contributed by atoms with E-state index >= 15 is 0 Å². The van der Waals surface area contributed by atoms with Crippen molar-refractivity contribution in [3.8, 4) is 5.95 Å². The van der Waals surface area contributed by atoms with E-state index < -0.39 is 11.4 Å². The fourth-order valence-corrected chi connectivity index (χ4v) is 1.10. The maximum atomic E-state index is 12.5. The molecule has 2 N–H and O–H groups in total. The van der Waals surface area contributed by atoms with Crippen LogP contribution in [0.4, 0.5) is 10.1 Å². The van der Waals surface area contributed by atoms with E-state index in [1.807, 2.05) is 0 Å². The third-order valence-corrected chi connectivity index (χ3v) is 1.80. The number of halogens is 1. The number of nitrogen functional groups attached to an aromatic ring is 1. The van der Waals surface area contributed by atoms with Crippen molar-refractivity contribution in [3.05, 3.63) is 46.9 Å². The van der Waals surface area contributed by atoms with E-state index in [1.165, 1.54) is 12.3 Å². The van der Waals surface area contributed by atoms with Gasteiger partial charge in [-0.25, -0.2) is 14.4 Å². The minimum absolute atomic E-state index is 0.0884. The molecule has 2 aromatic heterocycles. The zero-order chi connectivity index (χ0) is 10.8. The van der Waals surface area contributed by atoms with Crippen LogP contribution >= 0.6 is 0 Å². The Balaban J connectivity index is 2.59. The lowest BCUT2D eigenvalue weighted by molar-refractivity contribution is 0.610. The molecule has 2 heterocycles. The lowest BCUT2D eigenvalue weighted by Gasteiger charge is -2.02. The molecule has 0 aliphatic rings. The van der Waals surface area contributed by atoms with Crippen LogP contribution in [0.3, 0.4) is 0 Å². The van der Waals surface area contributed by atoms with Gasteiger partial charge in [0.1, 0.15) is 0 Å². The number of nitrogens with two attached hydrogens (primary N) is 1. The largest absolute Gasteiger partial charge is 0.394 e. The monoisotopic (exact) mass is 206 g/mol. The summed E-state index contributed by atoms with van der Waals surface area (Å²) in [5.74, 6) is -0.468. The van der Waals surface area contributed by atoms with Crippen molar-refractivity contribution in [1.82, 2.24) is 14.5 Å². The molecule has 0 atom stereocenters. The predicted octanol–water partition coefficient (Wildman–Crippen LogP) is 0.349. The fraction of sp³-hybridized carbons (Fsp3) is 0. The summed E-state index contributed by atoms with van der Waals surface area (Å²) in [5.41, 5.74) is 5.09. The normalized spacial score (nSPS) is 10.2. The van der Waals surface area contributed by atoms with Gasteiger partial charge in [-0.2, -0.15) is 0 Å². The topological polar surface area (TPSA) is 73.8 Å². The highest BCUT2D eigenvalue weighted by Crippen LogP contribution is 1.99. The smallest absolute Gasteiger partial charge is 0.280 e. The lowest BCUT2D eigenvalue weighted by atomic mass is 10.4. The van der Waals surface area contributed by atoms with Gasteiger partial charge in [0.05, 0.1) is 18.1 Å². The average Bonchev–Trinajstić information content (AvgIpc) is 2.24. The molecule has 0 aromatic carbocycles.